The third-order valence-corrected chi connectivity index (χ3v) is 1.33. The van der Waals surface area contributed by atoms with Crippen molar-refractivity contribution in [1.82, 2.24) is 0 Å². The summed E-state index contributed by atoms with van der Waals surface area (Å²) in [6.45, 7) is 1.51. The number of nitrogens with two attached hydrogens (primary N) is 2. The molecule has 4 nitrogen and oxygen atoms in total. The maximum absolute atomic E-state index is 8.89. The lowest BCUT2D eigenvalue weighted by Gasteiger charge is -2.10. The summed E-state index contributed by atoms with van der Waals surface area (Å²) in [5, 5.41) is 8.89. The molecule has 1 aromatic carbocycles. The summed E-state index contributed by atoms with van der Waals surface area (Å²) in [7, 11) is 0. The number of ether oxygens (including phenoxy) is 1. The SMILES string of the molecule is CC(O)Oc1ccc(N)cc1N.Cl. The highest BCUT2D eigenvalue weighted by molar-refractivity contribution is 5.85. The zero-order chi connectivity index (χ0) is 9.14. The fraction of sp³-hybridized carbons (Fsp3) is 0.250. The molecule has 1 aromatic rings. The second-order valence-electron chi connectivity index (χ2n) is 2.51. The lowest BCUT2D eigenvalue weighted by Crippen LogP contribution is -2.10. The van der Waals surface area contributed by atoms with Gasteiger partial charge < -0.3 is 21.3 Å². The zero-order valence-corrected chi connectivity index (χ0v) is 8.04. The van der Waals surface area contributed by atoms with E-state index in [0.717, 1.165) is 0 Å². The van der Waals surface area contributed by atoms with Crippen LogP contribution in [0.5, 0.6) is 5.75 Å². The van der Waals surface area contributed by atoms with Crippen molar-refractivity contribution in [1.29, 1.82) is 0 Å². The van der Waals surface area contributed by atoms with Gasteiger partial charge in [-0.3, -0.25) is 0 Å². The van der Waals surface area contributed by atoms with Crippen molar-refractivity contribution in [2.45, 2.75) is 13.2 Å². The van der Waals surface area contributed by atoms with Crippen LogP contribution in [0.4, 0.5) is 11.4 Å². The maximum Gasteiger partial charge on any atom is 0.194 e. The van der Waals surface area contributed by atoms with Crippen LogP contribution in [0.2, 0.25) is 0 Å². The van der Waals surface area contributed by atoms with Crippen LogP contribution in [0.25, 0.3) is 0 Å². The van der Waals surface area contributed by atoms with Crippen LogP contribution in [-0.4, -0.2) is 11.4 Å². The fourth-order valence-electron chi connectivity index (χ4n) is 0.858. The predicted octanol–water partition coefficient (Wildman–Crippen LogP) is 0.990. The molecular formula is C8H13ClN2O2. The number of aliphatic hydroxyl groups is 1. The number of hydrogen-bond donors (Lipinski definition) is 3. The number of aliphatic hydroxyl groups excluding tert-OH is 1. The van der Waals surface area contributed by atoms with E-state index in [9.17, 15) is 0 Å². The van der Waals surface area contributed by atoms with Crippen LogP contribution in [0.3, 0.4) is 0 Å². The van der Waals surface area contributed by atoms with E-state index in [-0.39, 0.29) is 12.4 Å². The Bertz CT molecular complexity index is 279. The van der Waals surface area contributed by atoms with E-state index < -0.39 is 6.29 Å². The van der Waals surface area contributed by atoms with E-state index in [0.29, 0.717) is 17.1 Å². The van der Waals surface area contributed by atoms with E-state index >= 15 is 0 Å². The van der Waals surface area contributed by atoms with Gasteiger partial charge in [-0.1, -0.05) is 0 Å². The Hall–Kier alpha value is -1.13. The second kappa shape index (κ2) is 4.79. The first kappa shape index (κ1) is 11.9. The molecule has 0 bridgehead atoms. The molecule has 0 aliphatic heterocycles. The van der Waals surface area contributed by atoms with Crippen molar-refractivity contribution >= 4 is 23.8 Å². The molecule has 0 radical (unpaired) electrons. The van der Waals surface area contributed by atoms with Crippen molar-refractivity contribution in [2.24, 2.45) is 0 Å². The third kappa shape index (κ3) is 3.40. The number of anilines is 2. The molecule has 0 aromatic heterocycles. The Morgan fingerprint density at radius 2 is 2.00 bits per heavy atom. The van der Waals surface area contributed by atoms with Gasteiger partial charge in [0.25, 0.3) is 0 Å². The summed E-state index contributed by atoms with van der Waals surface area (Å²) in [6.07, 6.45) is -0.865. The van der Waals surface area contributed by atoms with Gasteiger partial charge in [0.1, 0.15) is 5.75 Å². The van der Waals surface area contributed by atoms with Crippen molar-refractivity contribution in [2.75, 3.05) is 11.5 Å². The molecular weight excluding hydrogens is 192 g/mol. The Balaban J connectivity index is 0.00000144. The number of rotatable bonds is 2. The Morgan fingerprint density at radius 1 is 1.38 bits per heavy atom. The second-order valence-corrected chi connectivity index (χ2v) is 2.51. The molecule has 5 N–H and O–H groups in total. The molecule has 0 heterocycles. The smallest absolute Gasteiger partial charge is 0.194 e. The van der Waals surface area contributed by atoms with Gasteiger partial charge in [0.05, 0.1) is 5.69 Å². The molecule has 0 saturated heterocycles. The lowest BCUT2D eigenvalue weighted by molar-refractivity contribution is 0.000283. The Labute approximate surface area is 82.9 Å². The molecule has 1 unspecified atom stereocenters. The molecule has 0 aliphatic rings. The third-order valence-electron chi connectivity index (χ3n) is 1.33. The highest BCUT2D eigenvalue weighted by Gasteiger charge is 2.02. The van der Waals surface area contributed by atoms with E-state index in [4.69, 9.17) is 21.3 Å². The topological polar surface area (TPSA) is 81.5 Å². The van der Waals surface area contributed by atoms with Crippen LogP contribution < -0.4 is 16.2 Å². The van der Waals surface area contributed by atoms with Crippen molar-refractivity contribution < 1.29 is 9.84 Å². The summed E-state index contributed by atoms with van der Waals surface area (Å²) < 4.78 is 4.97. The Morgan fingerprint density at radius 3 is 2.46 bits per heavy atom. The monoisotopic (exact) mass is 204 g/mol. The van der Waals surface area contributed by atoms with Gasteiger partial charge in [-0.15, -0.1) is 12.4 Å². The van der Waals surface area contributed by atoms with E-state index in [2.05, 4.69) is 0 Å². The maximum atomic E-state index is 8.89. The van der Waals surface area contributed by atoms with Crippen LogP contribution in [0.15, 0.2) is 18.2 Å². The summed E-state index contributed by atoms with van der Waals surface area (Å²) in [5.74, 6) is 0.444. The Kier molecular flexibility index (Phi) is 4.37. The first-order valence-electron chi connectivity index (χ1n) is 3.59. The molecule has 1 atom stereocenters. The highest BCUT2D eigenvalue weighted by Crippen LogP contribution is 2.23. The van der Waals surface area contributed by atoms with Crippen LogP contribution >= 0.6 is 12.4 Å². The quantitative estimate of drug-likeness (QED) is 0.496. The number of hydrogen-bond acceptors (Lipinski definition) is 4. The molecule has 1 rings (SSSR count). The van der Waals surface area contributed by atoms with Crippen LogP contribution in [0, 0.1) is 0 Å². The van der Waals surface area contributed by atoms with Gasteiger partial charge in [0, 0.05) is 5.69 Å². The van der Waals surface area contributed by atoms with Gasteiger partial charge in [-0.25, -0.2) is 0 Å². The van der Waals surface area contributed by atoms with Crippen LogP contribution in [-0.2, 0) is 0 Å². The zero-order valence-electron chi connectivity index (χ0n) is 7.23. The molecule has 5 heteroatoms. The molecule has 0 saturated carbocycles. The van der Waals surface area contributed by atoms with E-state index in [1.54, 1.807) is 18.2 Å². The number of nitrogen functional groups attached to an aromatic ring is 2. The van der Waals surface area contributed by atoms with Gasteiger partial charge in [-0.2, -0.15) is 0 Å². The normalized spacial score (nSPS) is 11.5. The summed E-state index contributed by atoms with van der Waals surface area (Å²) in [5.41, 5.74) is 12.0. The van der Waals surface area contributed by atoms with Crippen molar-refractivity contribution in [3.05, 3.63) is 18.2 Å². The van der Waals surface area contributed by atoms with Crippen molar-refractivity contribution in [3.63, 3.8) is 0 Å². The average Bonchev–Trinajstić information content (AvgIpc) is 1.94. The number of benzene rings is 1. The van der Waals surface area contributed by atoms with Crippen LogP contribution in [0.1, 0.15) is 6.92 Å². The minimum atomic E-state index is -0.865. The molecule has 0 spiro atoms. The first-order valence-corrected chi connectivity index (χ1v) is 3.59. The van der Waals surface area contributed by atoms with Gasteiger partial charge in [0.15, 0.2) is 6.29 Å². The molecule has 0 aliphatic carbocycles. The summed E-state index contributed by atoms with van der Waals surface area (Å²) in [6, 6.07) is 4.86. The minimum Gasteiger partial charge on any atom is -0.463 e. The van der Waals surface area contributed by atoms with E-state index in [1.807, 2.05) is 0 Å². The molecule has 74 valence electrons. The highest BCUT2D eigenvalue weighted by atomic mass is 35.5. The van der Waals surface area contributed by atoms with Gasteiger partial charge in [-0.05, 0) is 25.1 Å². The molecule has 13 heavy (non-hydrogen) atoms. The molecule has 0 fully saturated rings. The predicted molar refractivity (Wildman–Crippen MR) is 54.8 cm³/mol. The minimum absolute atomic E-state index is 0. The number of halogens is 1. The fourth-order valence-corrected chi connectivity index (χ4v) is 0.858. The first-order chi connectivity index (χ1) is 5.59. The summed E-state index contributed by atoms with van der Waals surface area (Å²) >= 11 is 0. The average molecular weight is 205 g/mol. The van der Waals surface area contributed by atoms with Gasteiger partial charge in [0.2, 0.25) is 0 Å². The largest absolute Gasteiger partial charge is 0.463 e. The standard InChI is InChI=1S/C8H12N2O2.ClH/c1-5(11)12-8-3-2-6(9)4-7(8)10;/h2-5,11H,9-10H2,1H3;1H. The molecule has 0 amide bonds. The summed E-state index contributed by atoms with van der Waals surface area (Å²) in [4.78, 5) is 0. The van der Waals surface area contributed by atoms with Crippen molar-refractivity contribution in [3.8, 4) is 5.75 Å². The lowest BCUT2D eigenvalue weighted by atomic mass is 10.2. The van der Waals surface area contributed by atoms with Gasteiger partial charge >= 0.3 is 0 Å². The van der Waals surface area contributed by atoms with E-state index in [1.165, 1.54) is 6.92 Å².